The van der Waals surface area contributed by atoms with Crippen LogP contribution in [-0.2, 0) is 27.4 Å². The van der Waals surface area contributed by atoms with Crippen LogP contribution in [0.1, 0.15) is 66.3 Å². The summed E-state index contributed by atoms with van der Waals surface area (Å²) in [5.41, 5.74) is 6.38. The molecule has 0 saturated carbocycles. The van der Waals surface area contributed by atoms with Gasteiger partial charge in [-0.05, 0) is 48.2 Å². The number of esters is 2. The van der Waals surface area contributed by atoms with Crippen molar-refractivity contribution in [3.8, 4) is 0 Å². The van der Waals surface area contributed by atoms with Gasteiger partial charge in [-0.1, -0.05) is 12.1 Å². The molecule has 2 unspecified atom stereocenters. The number of aliphatic hydroxyl groups is 2. The molecule has 0 spiro atoms. The molecule has 4 atom stereocenters. The number of hydrogen-bond donors (Lipinski definition) is 2. The number of hydrogen-bond acceptors (Lipinski definition) is 9. The van der Waals surface area contributed by atoms with E-state index in [1.807, 2.05) is 26.0 Å². The molecule has 4 aliphatic rings. The molecule has 37 heavy (non-hydrogen) atoms. The van der Waals surface area contributed by atoms with Crippen molar-refractivity contribution in [2.45, 2.75) is 51.4 Å². The lowest BCUT2D eigenvalue weighted by atomic mass is 9.93. The average molecular weight is 509 g/mol. The Bertz CT molecular complexity index is 1250. The van der Waals surface area contributed by atoms with E-state index in [4.69, 9.17) is 14.2 Å². The Morgan fingerprint density at radius 1 is 0.811 bits per heavy atom. The second kappa shape index (κ2) is 9.49. The van der Waals surface area contributed by atoms with Crippen molar-refractivity contribution in [3.05, 3.63) is 68.8 Å². The molecule has 196 valence electrons. The first kappa shape index (κ1) is 24.5. The average Bonchev–Trinajstić information content (AvgIpc) is 3.43. The Morgan fingerprint density at radius 2 is 1.30 bits per heavy atom. The summed E-state index contributed by atoms with van der Waals surface area (Å²) in [6.45, 7) is 7.92. The SMILES string of the molecule is Cc1c([C@@H](O)CN2CC3COCC(C2)N3C[C@H](O)c2ccc3c(c2C)COC3=O)ccc2c1COC2=O. The third kappa shape index (κ3) is 4.24. The number of ether oxygens (including phenoxy) is 3. The van der Waals surface area contributed by atoms with E-state index in [2.05, 4.69) is 9.80 Å². The van der Waals surface area contributed by atoms with Gasteiger partial charge in [-0.3, -0.25) is 9.80 Å². The van der Waals surface area contributed by atoms with Gasteiger partial charge in [0.05, 0.1) is 36.5 Å². The highest BCUT2D eigenvalue weighted by Crippen LogP contribution is 2.33. The van der Waals surface area contributed by atoms with E-state index >= 15 is 0 Å². The van der Waals surface area contributed by atoms with Gasteiger partial charge in [0.25, 0.3) is 0 Å². The Labute approximate surface area is 215 Å². The first-order chi connectivity index (χ1) is 17.8. The molecule has 2 saturated heterocycles. The first-order valence-electron chi connectivity index (χ1n) is 12.8. The zero-order chi connectivity index (χ0) is 25.8. The number of cyclic esters (lactones) is 2. The lowest BCUT2D eigenvalue weighted by molar-refractivity contribution is -0.113. The van der Waals surface area contributed by atoms with Crippen molar-refractivity contribution in [1.29, 1.82) is 0 Å². The van der Waals surface area contributed by atoms with Crippen molar-refractivity contribution < 1.29 is 34.0 Å². The Balaban J connectivity index is 1.13. The maximum absolute atomic E-state index is 11.9. The molecule has 9 nitrogen and oxygen atoms in total. The molecular formula is C28H32N2O7. The fraction of sp³-hybridized carbons (Fsp3) is 0.500. The van der Waals surface area contributed by atoms with E-state index in [9.17, 15) is 19.8 Å². The van der Waals surface area contributed by atoms with Crippen molar-refractivity contribution in [1.82, 2.24) is 9.80 Å². The maximum Gasteiger partial charge on any atom is 0.338 e. The van der Waals surface area contributed by atoms with Crippen LogP contribution in [0.15, 0.2) is 24.3 Å². The number of morpholine rings is 1. The van der Waals surface area contributed by atoms with Gasteiger partial charge < -0.3 is 24.4 Å². The molecule has 2 N–H and O–H groups in total. The van der Waals surface area contributed by atoms with Crippen LogP contribution in [0.25, 0.3) is 0 Å². The lowest BCUT2D eigenvalue weighted by Crippen LogP contribution is -2.65. The molecule has 0 aliphatic carbocycles. The summed E-state index contributed by atoms with van der Waals surface area (Å²) in [4.78, 5) is 28.3. The first-order valence-corrected chi connectivity index (χ1v) is 12.8. The van der Waals surface area contributed by atoms with Gasteiger partial charge in [0.2, 0.25) is 0 Å². The molecule has 4 heterocycles. The van der Waals surface area contributed by atoms with Crippen LogP contribution in [0, 0.1) is 13.8 Å². The number of piperazine rings is 1. The van der Waals surface area contributed by atoms with Gasteiger partial charge in [-0.2, -0.15) is 0 Å². The highest BCUT2D eigenvalue weighted by atomic mass is 16.5. The molecule has 6 rings (SSSR count). The minimum absolute atomic E-state index is 0.0983. The number of fused-ring (bicyclic) bond motifs is 4. The summed E-state index contributed by atoms with van der Waals surface area (Å²) in [5, 5.41) is 22.3. The molecule has 2 fully saturated rings. The Morgan fingerprint density at radius 3 is 1.81 bits per heavy atom. The molecule has 2 bridgehead atoms. The number of β-amino-alcohol motifs (C(OH)–C–C–N with tert-alkyl or cyclic N) is 1. The minimum Gasteiger partial charge on any atom is -0.457 e. The second-order valence-electron chi connectivity index (χ2n) is 10.6. The largest absolute Gasteiger partial charge is 0.457 e. The number of benzene rings is 2. The van der Waals surface area contributed by atoms with Gasteiger partial charge in [0, 0.05) is 49.4 Å². The van der Waals surface area contributed by atoms with Gasteiger partial charge in [-0.25, -0.2) is 9.59 Å². The fourth-order valence-corrected chi connectivity index (χ4v) is 6.36. The highest BCUT2D eigenvalue weighted by Gasteiger charge is 2.40. The van der Waals surface area contributed by atoms with Crippen LogP contribution in [0.5, 0.6) is 0 Å². The van der Waals surface area contributed by atoms with Crippen molar-refractivity contribution in [3.63, 3.8) is 0 Å². The lowest BCUT2D eigenvalue weighted by Gasteiger charge is -2.50. The monoisotopic (exact) mass is 508 g/mol. The molecule has 0 radical (unpaired) electrons. The van der Waals surface area contributed by atoms with Crippen LogP contribution >= 0.6 is 0 Å². The molecule has 4 aliphatic heterocycles. The second-order valence-corrected chi connectivity index (χ2v) is 10.6. The quantitative estimate of drug-likeness (QED) is 0.565. The predicted molar refractivity (Wildman–Crippen MR) is 132 cm³/mol. The van der Waals surface area contributed by atoms with Crippen molar-refractivity contribution in [2.75, 3.05) is 39.4 Å². The van der Waals surface area contributed by atoms with E-state index < -0.39 is 12.2 Å². The van der Waals surface area contributed by atoms with E-state index in [1.165, 1.54) is 0 Å². The highest BCUT2D eigenvalue weighted by molar-refractivity contribution is 5.94. The standard InChI is InChI=1S/C28H32N2O7/c1-15-19(3-5-21-23(15)13-36-27(21)33)25(31)9-29-7-17-11-35-12-18(8-29)30(17)10-26(32)20-4-6-22-24(16(20)2)14-37-28(22)34/h3-6,17-18,25-26,31-32H,7-14H2,1-2H3/t17?,18?,25-,26-/m0/s1. The fourth-order valence-electron chi connectivity index (χ4n) is 6.36. The summed E-state index contributed by atoms with van der Waals surface area (Å²) in [6.07, 6.45) is -1.38. The Kier molecular flexibility index (Phi) is 6.29. The summed E-state index contributed by atoms with van der Waals surface area (Å²) < 4.78 is 16.2. The van der Waals surface area contributed by atoms with E-state index in [1.54, 1.807) is 12.1 Å². The molecule has 2 aromatic carbocycles. The van der Waals surface area contributed by atoms with E-state index in [-0.39, 0.29) is 37.2 Å². The van der Waals surface area contributed by atoms with Gasteiger partial charge in [-0.15, -0.1) is 0 Å². The zero-order valence-electron chi connectivity index (χ0n) is 21.1. The summed E-state index contributed by atoms with van der Waals surface area (Å²) in [7, 11) is 0. The number of rotatable bonds is 6. The number of carbonyl (C=O) groups is 2. The van der Waals surface area contributed by atoms with E-state index in [0.717, 1.165) is 46.5 Å². The number of aliphatic hydroxyl groups excluding tert-OH is 2. The third-order valence-electron chi connectivity index (χ3n) is 8.45. The van der Waals surface area contributed by atoms with Gasteiger partial charge in [0.15, 0.2) is 0 Å². The van der Waals surface area contributed by atoms with Gasteiger partial charge in [0.1, 0.15) is 13.2 Å². The normalized spacial score (nSPS) is 24.9. The predicted octanol–water partition coefficient (Wildman–Crippen LogP) is 1.80. The van der Waals surface area contributed by atoms with Crippen molar-refractivity contribution in [2.24, 2.45) is 0 Å². The van der Waals surface area contributed by atoms with Crippen LogP contribution < -0.4 is 0 Å². The summed E-state index contributed by atoms with van der Waals surface area (Å²) in [6, 6.07) is 7.37. The summed E-state index contributed by atoms with van der Waals surface area (Å²) in [5.74, 6) is -0.608. The van der Waals surface area contributed by atoms with E-state index in [0.29, 0.717) is 37.4 Å². The molecule has 0 aromatic heterocycles. The topological polar surface area (TPSA) is 109 Å². The molecular weight excluding hydrogens is 476 g/mol. The molecule has 0 amide bonds. The van der Waals surface area contributed by atoms with Crippen LogP contribution in [0.3, 0.4) is 0 Å². The third-order valence-corrected chi connectivity index (χ3v) is 8.45. The molecule has 2 aromatic rings. The number of carbonyl (C=O) groups excluding carboxylic acids is 2. The number of nitrogens with zero attached hydrogens (tertiary/aromatic N) is 2. The molecule has 9 heteroatoms. The zero-order valence-corrected chi connectivity index (χ0v) is 21.1. The minimum atomic E-state index is -0.694. The Hall–Kier alpha value is -2.82. The van der Waals surface area contributed by atoms with Crippen molar-refractivity contribution >= 4 is 11.9 Å². The van der Waals surface area contributed by atoms with Crippen LogP contribution in [0.2, 0.25) is 0 Å². The summed E-state index contributed by atoms with van der Waals surface area (Å²) >= 11 is 0. The maximum atomic E-state index is 11.9. The van der Waals surface area contributed by atoms with Gasteiger partial charge >= 0.3 is 11.9 Å². The smallest absolute Gasteiger partial charge is 0.338 e. The van der Waals surface area contributed by atoms with Crippen LogP contribution in [0.4, 0.5) is 0 Å². The van der Waals surface area contributed by atoms with Crippen LogP contribution in [-0.4, -0.2) is 83.4 Å².